The lowest BCUT2D eigenvalue weighted by Gasteiger charge is -2.18. The standard InChI is InChI=1S/C14H20N2/c1-11-4-2-3-5-12(11)8-16-9-13-6-15-7-14(13)10-16/h2-5,13-15H,6-10H2,1H3/t13-,14+. The van der Waals surface area contributed by atoms with E-state index in [4.69, 9.17) is 0 Å². The van der Waals surface area contributed by atoms with E-state index >= 15 is 0 Å². The highest BCUT2D eigenvalue weighted by atomic mass is 15.2. The van der Waals surface area contributed by atoms with Crippen molar-refractivity contribution < 1.29 is 0 Å². The number of fused-ring (bicyclic) bond motifs is 1. The Morgan fingerprint density at radius 2 is 1.88 bits per heavy atom. The average molecular weight is 216 g/mol. The lowest BCUT2D eigenvalue weighted by Crippen LogP contribution is -2.25. The molecule has 2 aliphatic rings. The van der Waals surface area contributed by atoms with E-state index in [-0.39, 0.29) is 0 Å². The lowest BCUT2D eigenvalue weighted by atomic mass is 10.0. The van der Waals surface area contributed by atoms with Crippen molar-refractivity contribution in [2.24, 2.45) is 11.8 Å². The molecule has 0 amide bonds. The van der Waals surface area contributed by atoms with Crippen molar-refractivity contribution in [1.82, 2.24) is 10.2 Å². The quantitative estimate of drug-likeness (QED) is 0.808. The fourth-order valence-corrected chi connectivity index (χ4v) is 3.11. The molecule has 2 heterocycles. The molecule has 0 unspecified atom stereocenters. The maximum atomic E-state index is 3.49. The summed E-state index contributed by atoms with van der Waals surface area (Å²) in [6.07, 6.45) is 0. The molecule has 16 heavy (non-hydrogen) atoms. The average Bonchev–Trinajstić information content (AvgIpc) is 2.81. The van der Waals surface area contributed by atoms with E-state index < -0.39 is 0 Å². The van der Waals surface area contributed by atoms with Crippen molar-refractivity contribution in [3.63, 3.8) is 0 Å². The van der Waals surface area contributed by atoms with Gasteiger partial charge in [-0.25, -0.2) is 0 Å². The molecular weight excluding hydrogens is 196 g/mol. The van der Waals surface area contributed by atoms with Gasteiger partial charge in [-0.15, -0.1) is 0 Å². The van der Waals surface area contributed by atoms with E-state index in [0.29, 0.717) is 0 Å². The molecule has 0 radical (unpaired) electrons. The molecule has 2 atom stereocenters. The molecule has 0 spiro atoms. The Kier molecular flexibility index (Phi) is 2.70. The molecule has 86 valence electrons. The molecule has 0 saturated carbocycles. The topological polar surface area (TPSA) is 15.3 Å². The van der Waals surface area contributed by atoms with Crippen LogP contribution in [0.4, 0.5) is 0 Å². The highest BCUT2D eigenvalue weighted by Gasteiger charge is 2.35. The summed E-state index contributed by atoms with van der Waals surface area (Å²) in [5.41, 5.74) is 2.92. The normalized spacial score (nSPS) is 29.6. The summed E-state index contributed by atoms with van der Waals surface area (Å²) >= 11 is 0. The number of hydrogen-bond acceptors (Lipinski definition) is 2. The van der Waals surface area contributed by atoms with Crippen LogP contribution in [0.2, 0.25) is 0 Å². The van der Waals surface area contributed by atoms with Gasteiger partial charge in [0, 0.05) is 19.6 Å². The molecule has 0 aliphatic carbocycles. The van der Waals surface area contributed by atoms with Crippen LogP contribution in [0.25, 0.3) is 0 Å². The van der Waals surface area contributed by atoms with E-state index in [9.17, 15) is 0 Å². The smallest absolute Gasteiger partial charge is 0.0236 e. The molecular formula is C14H20N2. The van der Waals surface area contributed by atoms with Gasteiger partial charge < -0.3 is 5.32 Å². The lowest BCUT2D eigenvalue weighted by molar-refractivity contribution is 0.305. The first kappa shape index (κ1) is 10.3. The van der Waals surface area contributed by atoms with E-state index in [0.717, 1.165) is 18.4 Å². The second-order valence-electron chi connectivity index (χ2n) is 5.30. The van der Waals surface area contributed by atoms with Gasteiger partial charge in [-0.05, 0) is 43.0 Å². The Morgan fingerprint density at radius 1 is 1.19 bits per heavy atom. The SMILES string of the molecule is Cc1ccccc1CN1C[C@H]2CNC[C@H]2C1. The Balaban J connectivity index is 1.66. The minimum Gasteiger partial charge on any atom is -0.316 e. The van der Waals surface area contributed by atoms with Gasteiger partial charge in [-0.1, -0.05) is 24.3 Å². The van der Waals surface area contributed by atoms with Crippen molar-refractivity contribution in [3.8, 4) is 0 Å². The van der Waals surface area contributed by atoms with Crippen molar-refractivity contribution in [2.75, 3.05) is 26.2 Å². The number of likely N-dealkylation sites (tertiary alicyclic amines) is 1. The Bertz CT molecular complexity index is 363. The zero-order valence-corrected chi connectivity index (χ0v) is 9.95. The first-order chi connectivity index (χ1) is 7.83. The van der Waals surface area contributed by atoms with E-state index in [1.807, 2.05) is 0 Å². The molecule has 2 saturated heterocycles. The molecule has 1 aromatic rings. The third-order valence-electron chi connectivity index (χ3n) is 4.12. The third-order valence-corrected chi connectivity index (χ3v) is 4.12. The summed E-state index contributed by atoms with van der Waals surface area (Å²) < 4.78 is 0. The molecule has 2 aliphatic heterocycles. The first-order valence-corrected chi connectivity index (χ1v) is 6.30. The van der Waals surface area contributed by atoms with Crippen LogP contribution in [0.3, 0.4) is 0 Å². The molecule has 3 rings (SSSR count). The Hall–Kier alpha value is -0.860. The molecule has 1 aromatic carbocycles. The molecule has 0 bridgehead atoms. The minimum absolute atomic E-state index is 0.906. The highest BCUT2D eigenvalue weighted by Crippen LogP contribution is 2.27. The summed E-state index contributed by atoms with van der Waals surface area (Å²) in [6.45, 7) is 8.38. The van der Waals surface area contributed by atoms with E-state index in [2.05, 4.69) is 41.4 Å². The van der Waals surface area contributed by atoms with Crippen LogP contribution in [-0.4, -0.2) is 31.1 Å². The maximum Gasteiger partial charge on any atom is 0.0236 e. The fourth-order valence-electron chi connectivity index (χ4n) is 3.11. The van der Waals surface area contributed by atoms with E-state index in [1.165, 1.54) is 37.3 Å². The number of benzene rings is 1. The zero-order valence-electron chi connectivity index (χ0n) is 9.95. The molecule has 2 heteroatoms. The van der Waals surface area contributed by atoms with Crippen molar-refractivity contribution in [3.05, 3.63) is 35.4 Å². The van der Waals surface area contributed by atoms with Crippen LogP contribution >= 0.6 is 0 Å². The second-order valence-corrected chi connectivity index (χ2v) is 5.30. The largest absolute Gasteiger partial charge is 0.316 e. The summed E-state index contributed by atoms with van der Waals surface area (Å²) in [7, 11) is 0. The van der Waals surface area contributed by atoms with Crippen molar-refractivity contribution in [2.45, 2.75) is 13.5 Å². The van der Waals surface area contributed by atoms with Gasteiger partial charge in [-0.2, -0.15) is 0 Å². The molecule has 2 fully saturated rings. The van der Waals surface area contributed by atoms with Crippen molar-refractivity contribution >= 4 is 0 Å². The third kappa shape index (κ3) is 1.87. The van der Waals surface area contributed by atoms with E-state index in [1.54, 1.807) is 0 Å². The molecule has 2 nitrogen and oxygen atoms in total. The highest BCUT2D eigenvalue weighted by molar-refractivity contribution is 5.25. The van der Waals surface area contributed by atoms with Gasteiger partial charge in [0.1, 0.15) is 0 Å². The van der Waals surface area contributed by atoms with Crippen LogP contribution < -0.4 is 5.32 Å². The van der Waals surface area contributed by atoms with Gasteiger partial charge in [0.25, 0.3) is 0 Å². The number of aryl methyl sites for hydroxylation is 1. The number of nitrogens with zero attached hydrogens (tertiary/aromatic N) is 1. The second kappa shape index (κ2) is 4.19. The number of rotatable bonds is 2. The van der Waals surface area contributed by atoms with Crippen LogP contribution in [0.5, 0.6) is 0 Å². The van der Waals surface area contributed by atoms with Crippen LogP contribution in [0.1, 0.15) is 11.1 Å². The maximum absolute atomic E-state index is 3.49. The summed E-state index contributed by atoms with van der Waals surface area (Å²) in [5.74, 6) is 1.81. The monoisotopic (exact) mass is 216 g/mol. The van der Waals surface area contributed by atoms with Crippen LogP contribution in [-0.2, 0) is 6.54 Å². The van der Waals surface area contributed by atoms with Gasteiger partial charge in [0.05, 0.1) is 0 Å². The zero-order chi connectivity index (χ0) is 11.0. The summed E-state index contributed by atoms with van der Waals surface area (Å²) in [4.78, 5) is 2.62. The predicted molar refractivity (Wildman–Crippen MR) is 66.3 cm³/mol. The van der Waals surface area contributed by atoms with Gasteiger partial charge in [-0.3, -0.25) is 4.90 Å². The predicted octanol–water partition coefficient (Wildman–Crippen LogP) is 1.65. The van der Waals surface area contributed by atoms with Gasteiger partial charge in [0.2, 0.25) is 0 Å². The minimum atomic E-state index is 0.906. The Morgan fingerprint density at radius 3 is 2.56 bits per heavy atom. The van der Waals surface area contributed by atoms with Crippen molar-refractivity contribution in [1.29, 1.82) is 0 Å². The van der Waals surface area contributed by atoms with Crippen LogP contribution in [0, 0.1) is 18.8 Å². The first-order valence-electron chi connectivity index (χ1n) is 6.30. The summed E-state index contributed by atoms with van der Waals surface area (Å²) in [5, 5.41) is 3.49. The molecule has 0 aromatic heterocycles. The fraction of sp³-hybridized carbons (Fsp3) is 0.571. The molecule has 1 N–H and O–H groups in total. The number of nitrogens with one attached hydrogen (secondary N) is 1. The Labute approximate surface area is 97.6 Å². The van der Waals surface area contributed by atoms with Gasteiger partial charge >= 0.3 is 0 Å². The van der Waals surface area contributed by atoms with Crippen LogP contribution in [0.15, 0.2) is 24.3 Å². The van der Waals surface area contributed by atoms with Gasteiger partial charge in [0.15, 0.2) is 0 Å². The number of hydrogen-bond donors (Lipinski definition) is 1. The summed E-state index contributed by atoms with van der Waals surface area (Å²) in [6, 6.07) is 8.76.